The van der Waals surface area contributed by atoms with Gasteiger partial charge in [0.25, 0.3) is 0 Å². The van der Waals surface area contributed by atoms with E-state index in [-0.39, 0.29) is 6.42 Å². The van der Waals surface area contributed by atoms with E-state index in [1.807, 2.05) is 36.4 Å². The Balaban J connectivity index is 1.92. The fraction of sp³-hybridized carbons (Fsp3) is 0.286. The zero-order valence-electron chi connectivity index (χ0n) is 15.8. The monoisotopic (exact) mass is 384 g/mol. The lowest BCUT2D eigenvalue weighted by molar-refractivity contribution is -0.153. The number of carboxylic acid groups (broad SMARTS) is 1. The molecule has 0 saturated heterocycles. The minimum Gasteiger partial charge on any atom is -0.481 e. The summed E-state index contributed by atoms with van der Waals surface area (Å²) in [5.41, 5.74) is 9.00. The highest BCUT2D eigenvalue weighted by Gasteiger charge is 2.31. The molecule has 148 valence electrons. The highest BCUT2D eigenvalue weighted by Crippen LogP contribution is 2.19. The Bertz CT molecular complexity index is 831. The number of amides is 1. The average molecular weight is 384 g/mol. The Hall–Kier alpha value is -3.35. The van der Waals surface area contributed by atoms with Gasteiger partial charge in [-0.2, -0.15) is 0 Å². The van der Waals surface area contributed by atoms with Crippen molar-refractivity contribution in [2.45, 2.75) is 26.7 Å². The van der Waals surface area contributed by atoms with E-state index in [1.165, 1.54) is 6.92 Å². The maximum Gasteiger partial charge on any atom is 0.419 e. The van der Waals surface area contributed by atoms with Crippen LogP contribution >= 0.6 is 0 Å². The summed E-state index contributed by atoms with van der Waals surface area (Å²) in [7, 11) is 0. The van der Waals surface area contributed by atoms with E-state index in [2.05, 4.69) is 5.32 Å². The van der Waals surface area contributed by atoms with E-state index in [1.54, 1.807) is 19.1 Å². The molecule has 1 amide bonds. The molecule has 2 aromatic carbocycles. The van der Waals surface area contributed by atoms with Gasteiger partial charge in [0.2, 0.25) is 0 Å². The number of nitrogen functional groups attached to an aromatic ring is 1. The molecule has 28 heavy (non-hydrogen) atoms. The number of anilines is 2. The second kappa shape index (κ2) is 9.55. The van der Waals surface area contributed by atoms with Gasteiger partial charge in [0.15, 0.2) is 0 Å². The molecule has 2 atom stereocenters. The van der Waals surface area contributed by atoms with Crippen molar-refractivity contribution in [3.05, 3.63) is 59.7 Å². The average Bonchev–Trinajstić information content (AvgIpc) is 2.65. The third-order valence-corrected chi connectivity index (χ3v) is 4.52. The van der Waals surface area contributed by atoms with Crippen molar-refractivity contribution in [3.8, 4) is 0 Å². The van der Waals surface area contributed by atoms with E-state index < -0.39 is 29.9 Å². The highest BCUT2D eigenvalue weighted by atomic mass is 16.6. The number of rotatable bonds is 7. The predicted octanol–water partition coefficient (Wildman–Crippen LogP) is 3.68. The van der Waals surface area contributed by atoms with Crippen LogP contribution in [0.25, 0.3) is 0 Å². The molecule has 0 aliphatic carbocycles. The van der Waals surface area contributed by atoms with E-state index in [0.29, 0.717) is 11.4 Å². The Morgan fingerprint density at radius 2 is 1.57 bits per heavy atom. The topological polar surface area (TPSA) is 119 Å². The summed E-state index contributed by atoms with van der Waals surface area (Å²) >= 11 is 0. The van der Waals surface area contributed by atoms with E-state index >= 15 is 0 Å². The molecule has 4 N–H and O–H groups in total. The lowest BCUT2D eigenvalue weighted by Gasteiger charge is -2.17. The molecule has 0 aromatic heterocycles. The Morgan fingerprint density at radius 3 is 2.07 bits per heavy atom. The summed E-state index contributed by atoms with van der Waals surface area (Å²) in [6.07, 6.45) is 0.0427. The van der Waals surface area contributed by atoms with E-state index in [0.717, 1.165) is 17.5 Å². The summed E-state index contributed by atoms with van der Waals surface area (Å²) in [5, 5.41) is 11.5. The molecule has 0 spiro atoms. The number of carbonyl (C=O) groups excluding carboxylic acids is 2. The summed E-state index contributed by atoms with van der Waals surface area (Å²) in [5.74, 6) is -3.78. The maximum absolute atomic E-state index is 12.0. The van der Waals surface area contributed by atoms with Crippen LogP contribution in [0.15, 0.2) is 48.5 Å². The van der Waals surface area contributed by atoms with Crippen LogP contribution in [0.3, 0.4) is 0 Å². The normalized spacial score (nSPS) is 12.6. The first kappa shape index (κ1) is 21.0. The van der Waals surface area contributed by atoms with Crippen LogP contribution in [0.1, 0.15) is 31.4 Å². The molecule has 7 nitrogen and oxygen atoms in total. The summed E-state index contributed by atoms with van der Waals surface area (Å²) in [6, 6.07) is 14.7. The number of nitrogens with two attached hydrogens (primary N) is 1. The first-order valence-corrected chi connectivity index (χ1v) is 8.99. The second-order valence-electron chi connectivity index (χ2n) is 6.59. The number of carbonyl (C=O) groups is 3. The van der Waals surface area contributed by atoms with Crippen LogP contribution in [-0.4, -0.2) is 23.1 Å². The smallest absolute Gasteiger partial charge is 0.419 e. The first-order valence-electron chi connectivity index (χ1n) is 8.99. The standard InChI is InChI=1S/C21H24N2O5/c1-3-18(13(2)19(24)25)20(26)28-21(27)23-17-10-6-15(7-11-17)12-14-4-8-16(22)9-5-14/h4-11,13,18H,3,12,22H2,1-2H3,(H,23,27)(H,24,25). The minimum atomic E-state index is -1.11. The quantitative estimate of drug-likeness (QED) is 0.381. The van der Waals surface area contributed by atoms with Gasteiger partial charge in [0.1, 0.15) is 0 Å². The van der Waals surface area contributed by atoms with Crippen molar-refractivity contribution in [3.63, 3.8) is 0 Å². The third-order valence-electron chi connectivity index (χ3n) is 4.52. The molecule has 2 aromatic rings. The molecule has 0 aliphatic heterocycles. The number of hydrogen-bond acceptors (Lipinski definition) is 5. The Morgan fingerprint density at radius 1 is 1.04 bits per heavy atom. The van der Waals surface area contributed by atoms with Crippen molar-refractivity contribution in [1.29, 1.82) is 0 Å². The number of benzene rings is 2. The van der Waals surface area contributed by atoms with Gasteiger partial charge in [-0.05, 0) is 48.2 Å². The Labute approximate surface area is 163 Å². The number of nitrogens with one attached hydrogen (secondary N) is 1. The van der Waals surface area contributed by atoms with Crippen molar-refractivity contribution < 1.29 is 24.2 Å². The van der Waals surface area contributed by atoms with Crippen LogP contribution in [0.2, 0.25) is 0 Å². The second-order valence-corrected chi connectivity index (χ2v) is 6.59. The molecular weight excluding hydrogens is 360 g/mol. The zero-order valence-corrected chi connectivity index (χ0v) is 15.8. The number of hydrogen-bond donors (Lipinski definition) is 3. The van der Waals surface area contributed by atoms with Gasteiger partial charge < -0.3 is 15.6 Å². The fourth-order valence-corrected chi connectivity index (χ4v) is 2.78. The van der Waals surface area contributed by atoms with Crippen LogP contribution < -0.4 is 11.1 Å². The van der Waals surface area contributed by atoms with Gasteiger partial charge in [0, 0.05) is 11.4 Å². The summed E-state index contributed by atoms with van der Waals surface area (Å²) in [4.78, 5) is 35.0. The summed E-state index contributed by atoms with van der Waals surface area (Å²) in [6.45, 7) is 3.08. The van der Waals surface area contributed by atoms with Gasteiger partial charge in [-0.15, -0.1) is 0 Å². The van der Waals surface area contributed by atoms with E-state index in [4.69, 9.17) is 15.6 Å². The van der Waals surface area contributed by atoms with Crippen molar-refractivity contribution in [2.24, 2.45) is 11.8 Å². The highest BCUT2D eigenvalue weighted by molar-refractivity contribution is 5.94. The van der Waals surface area contributed by atoms with Crippen molar-refractivity contribution >= 4 is 29.4 Å². The lowest BCUT2D eigenvalue weighted by atomic mass is 9.92. The number of esters is 1. The molecule has 0 heterocycles. The maximum atomic E-state index is 12.0. The van der Waals surface area contributed by atoms with Crippen LogP contribution in [0, 0.1) is 11.8 Å². The van der Waals surface area contributed by atoms with Gasteiger partial charge in [-0.25, -0.2) is 4.79 Å². The van der Waals surface area contributed by atoms with Crippen LogP contribution in [0.5, 0.6) is 0 Å². The lowest BCUT2D eigenvalue weighted by Crippen LogP contribution is -2.31. The van der Waals surface area contributed by atoms with Gasteiger partial charge in [-0.3, -0.25) is 14.9 Å². The molecular formula is C21H24N2O5. The fourth-order valence-electron chi connectivity index (χ4n) is 2.78. The molecule has 7 heteroatoms. The number of carboxylic acids is 1. The molecule has 2 rings (SSSR count). The molecule has 2 unspecified atom stereocenters. The Kier molecular flexibility index (Phi) is 7.14. The van der Waals surface area contributed by atoms with Crippen LogP contribution in [-0.2, 0) is 20.7 Å². The van der Waals surface area contributed by atoms with Gasteiger partial charge in [-0.1, -0.05) is 38.1 Å². The SMILES string of the molecule is CCC(C(=O)OC(=O)Nc1ccc(Cc2ccc(N)cc2)cc1)C(C)C(=O)O. The molecule has 0 saturated carbocycles. The van der Waals surface area contributed by atoms with Crippen molar-refractivity contribution in [2.75, 3.05) is 11.1 Å². The molecule has 0 radical (unpaired) electrons. The molecule has 0 aliphatic rings. The van der Waals surface area contributed by atoms with Gasteiger partial charge >= 0.3 is 18.0 Å². The predicted molar refractivity (Wildman–Crippen MR) is 106 cm³/mol. The molecule has 0 fully saturated rings. The number of aliphatic carboxylic acids is 1. The largest absolute Gasteiger partial charge is 0.481 e. The van der Waals surface area contributed by atoms with Crippen molar-refractivity contribution in [1.82, 2.24) is 0 Å². The summed E-state index contributed by atoms with van der Waals surface area (Å²) < 4.78 is 4.75. The zero-order chi connectivity index (χ0) is 20.7. The molecule has 0 bridgehead atoms. The van der Waals surface area contributed by atoms with E-state index in [9.17, 15) is 14.4 Å². The first-order chi connectivity index (χ1) is 13.3. The van der Waals surface area contributed by atoms with Gasteiger partial charge in [0.05, 0.1) is 11.8 Å². The third kappa shape index (κ3) is 5.84. The minimum absolute atomic E-state index is 0.263. The number of ether oxygens (including phenoxy) is 1. The van der Waals surface area contributed by atoms with Crippen LogP contribution in [0.4, 0.5) is 16.2 Å².